The number of ether oxygens (including phenoxy) is 1. The van der Waals surface area contributed by atoms with E-state index in [9.17, 15) is 13.2 Å². The average Bonchev–Trinajstić information content (AvgIpc) is 2.63. The number of carbonyl (C=O) groups is 1. The first-order valence-electron chi connectivity index (χ1n) is 9.04. The maximum Gasteiger partial charge on any atom is 0.227 e. The van der Waals surface area contributed by atoms with Crippen molar-refractivity contribution in [2.75, 3.05) is 55.9 Å². The van der Waals surface area contributed by atoms with Crippen molar-refractivity contribution in [2.45, 2.75) is 19.8 Å². The Balaban J connectivity index is 1.64. The average molecular weight is 381 g/mol. The highest BCUT2D eigenvalue weighted by Gasteiger charge is 2.29. The molecule has 1 aromatic rings. The van der Waals surface area contributed by atoms with Gasteiger partial charge in [0.05, 0.1) is 19.5 Å². The Labute approximate surface area is 155 Å². The Morgan fingerprint density at radius 2 is 1.81 bits per heavy atom. The molecule has 0 spiro atoms. The molecule has 144 valence electrons. The largest absolute Gasteiger partial charge is 0.378 e. The molecule has 0 saturated carbocycles. The first-order chi connectivity index (χ1) is 12.3. The fourth-order valence-electron chi connectivity index (χ4n) is 3.45. The number of nitrogens with one attached hydrogen (secondary N) is 1. The lowest BCUT2D eigenvalue weighted by Gasteiger charge is -2.30. The van der Waals surface area contributed by atoms with Gasteiger partial charge >= 0.3 is 0 Å². The number of carbonyl (C=O) groups excluding carboxylic acids is 1. The molecule has 0 bridgehead atoms. The molecule has 2 aliphatic rings. The van der Waals surface area contributed by atoms with Gasteiger partial charge in [-0.1, -0.05) is 6.07 Å². The van der Waals surface area contributed by atoms with Crippen molar-refractivity contribution in [3.63, 3.8) is 0 Å². The lowest BCUT2D eigenvalue weighted by atomic mass is 9.97. The van der Waals surface area contributed by atoms with Crippen LogP contribution in [0, 0.1) is 12.8 Å². The summed E-state index contributed by atoms with van der Waals surface area (Å²) in [6, 6.07) is 6.11. The van der Waals surface area contributed by atoms with Gasteiger partial charge in [0.25, 0.3) is 0 Å². The molecule has 2 aliphatic heterocycles. The molecule has 2 fully saturated rings. The number of benzene rings is 1. The van der Waals surface area contributed by atoms with E-state index >= 15 is 0 Å². The molecule has 0 unspecified atom stereocenters. The topological polar surface area (TPSA) is 79.0 Å². The van der Waals surface area contributed by atoms with Crippen molar-refractivity contribution < 1.29 is 17.9 Å². The van der Waals surface area contributed by atoms with Gasteiger partial charge in [0, 0.05) is 43.5 Å². The van der Waals surface area contributed by atoms with Gasteiger partial charge in [0.2, 0.25) is 15.9 Å². The highest BCUT2D eigenvalue weighted by atomic mass is 32.2. The van der Waals surface area contributed by atoms with E-state index in [0.29, 0.717) is 39.1 Å². The Kier molecular flexibility index (Phi) is 5.84. The van der Waals surface area contributed by atoms with Crippen LogP contribution in [0.25, 0.3) is 0 Å². The molecule has 2 saturated heterocycles. The lowest BCUT2D eigenvalue weighted by molar-refractivity contribution is -0.120. The van der Waals surface area contributed by atoms with Gasteiger partial charge in [-0.05, 0) is 37.5 Å². The van der Waals surface area contributed by atoms with Crippen LogP contribution in [0.5, 0.6) is 0 Å². The molecule has 1 N–H and O–H groups in total. The Bertz CT molecular complexity index is 752. The van der Waals surface area contributed by atoms with E-state index in [1.807, 2.05) is 19.1 Å². The SMILES string of the molecule is Cc1ccc(N2CCOCC2)cc1NC(=O)C1CCN(S(C)(=O)=O)CC1. The highest BCUT2D eigenvalue weighted by Crippen LogP contribution is 2.26. The number of rotatable bonds is 4. The predicted molar refractivity (Wildman–Crippen MR) is 102 cm³/mol. The van der Waals surface area contributed by atoms with Crippen molar-refractivity contribution >= 4 is 27.3 Å². The van der Waals surface area contributed by atoms with Crippen molar-refractivity contribution in [1.29, 1.82) is 0 Å². The van der Waals surface area contributed by atoms with Crippen molar-refractivity contribution in [3.8, 4) is 0 Å². The van der Waals surface area contributed by atoms with Crippen molar-refractivity contribution in [2.24, 2.45) is 5.92 Å². The number of sulfonamides is 1. The second kappa shape index (κ2) is 7.94. The quantitative estimate of drug-likeness (QED) is 0.854. The third kappa shape index (κ3) is 4.55. The monoisotopic (exact) mass is 381 g/mol. The number of nitrogens with zero attached hydrogens (tertiary/aromatic N) is 2. The lowest BCUT2D eigenvalue weighted by Crippen LogP contribution is -2.41. The molecule has 0 aliphatic carbocycles. The van der Waals surface area contributed by atoms with E-state index in [2.05, 4.69) is 16.3 Å². The Morgan fingerprint density at radius 3 is 2.42 bits per heavy atom. The van der Waals surface area contributed by atoms with Crippen LogP contribution in [0.1, 0.15) is 18.4 Å². The minimum absolute atomic E-state index is 0.0274. The minimum atomic E-state index is -3.17. The van der Waals surface area contributed by atoms with Gasteiger partial charge in [-0.15, -0.1) is 0 Å². The summed E-state index contributed by atoms with van der Waals surface area (Å²) in [4.78, 5) is 14.9. The number of hydrogen-bond donors (Lipinski definition) is 1. The maximum absolute atomic E-state index is 12.7. The molecule has 8 heteroatoms. The van der Waals surface area contributed by atoms with Crippen LogP contribution in [0.2, 0.25) is 0 Å². The second-order valence-corrected chi connectivity index (χ2v) is 9.01. The molecular weight excluding hydrogens is 354 g/mol. The van der Waals surface area contributed by atoms with Crippen LogP contribution in [-0.4, -0.2) is 64.3 Å². The summed E-state index contributed by atoms with van der Waals surface area (Å²) in [6.45, 7) is 5.92. The molecule has 0 aromatic heterocycles. The van der Waals surface area contributed by atoms with Crippen LogP contribution in [0.15, 0.2) is 18.2 Å². The van der Waals surface area contributed by atoms with E-state index < -0.39 is 10.0 Å². The number of morpholine rings is 1. The van der Waals surface area contributed by atoms with Gasteiger partial charge in [0.15, 0.2) is 0 Å². The third-order valence-electron chi connectivity index (χ3n) is 5.15. The summed E-state index contributed by atoms with van der Waals surface area (Å²) in [5.74, 6) is -0.181. The van der Waals surface area contributed by atoms with Gasteiger partial charge in [-0.3, -0.25) is 4.79 Å². The minimum Gasteiger partial charge on any atom is -0.378 e. The summed E-state index contributed by atoms with van der Waals surface area (Å²) in [6.07, 6.45) is 2.33. The number of aryl methyl sites for hydroxylation is 1. The molecule has 1 amide bonds. The fraction of sp³-hybridized carbons (Fsp3) is 0.611. The highest BCUT2D eigenvalue weighted by molar-refractivity contribution is 7.88. The molecule has 26 heavy (non-hydrogen) atoms. The van der Waals surface area contributed by atoms with E-state index in [4.69, 9.17) is 4.74 Å². The molecule has 3 rings (SSSR count). The number of piperidine rings is 1. The van der Waals surface area contributed by atoms with E-state index in [1.54, 1.807) is 0 Å². The first-order valence-corrected chi connectivity index (χ1v) is 10.9. The summed E-state index contributed by atoms with van der Waals surface area (Å²) in [5.41, 5.74) is 2.93. The predicted octanol–water partition coefficient (Wildman–Crippen LogP) is 1.44. The molecule has 7 nitrogen and oxygen atoms in total. The first kappa shape index (κ1) is 19.1. The zero-order valence-electron chi connectivity index (χ0n) is 15.4. The molecule has 1 aromatic carbocycles. The van der Waals surface area contributed by atoms with Gasteiger partial charge in [-0.2, -0.15) is 0 Å². The smallest absolute Gasteiger partial charge is 0.227 e. The zero-order valence-corrected chi connectivity index (χ0v) is 16.2. The molecule has 0 atom stereocenters. The number of amides is 1. The van der Waals surface area contributed by atoms with Gasteiger partial charge in [0.1, 0.15) is 0 Å². The number of hydrogen-bond acceptors (Lipinski definition) is 5. The Morgan fingerprint density at radius 1 is 1.15 bits per heavy atom. The third-order valence-corrected chi connectivity index (χ3v) is 6.45. The van der Waals surface area contributed by atoms with E-state index in [0.717, 1.165) is 30.0 Å². The fourth-order valence-corrected chi connectivity index (χ4v) is 4.32. The second-order valence-electron chi connectivity index (χ2n) is 7.02. The van der Waals surface area contributed by atoms with Gasteiger partial charge < -0.3 is 15.0 Å². The Hall–Kier alpha value is -1.64. The van der Waals surface area contributed by atoms with Crippen LogP contribution >= 0.6 is 0 Å². The van der Waals surface area contributed by atoms with Crippen LogP contribution in [0.4, 0.5) is 11.4 Å². The molecule has 2 heterocycles. The van der Waals surface area contributed by atoms with Crippen LogP contribution in [-0.2, 0) is 19.6 Å². The van der Waals surface area contributed by atoms with Crippen LogP contribution < -0.4 is 10.2 Å². The van der Waals surface area contributed by atoms with E-state index in [-0.39, 0.29) is 11.8 Å². The van der Waals surface area contributed by atoms with E-state index in [1.165, 1.54) is 10.6 Å². The van der Waals surface area contributed by atoms with Crippen molar-refractivity contribution in [3.05, 3.63) is 23.8 Å². The van der Waals surface area contributed by atoms with Crippen molar-refractivity contribution in [1.82, 2.24) is 4.31 Å². The molecule has 0 radical (unpaired) electrons. The summed E-state index contributed by atoms with van der Waals surface area (Å²) < 4.78 is 30.0. The molecular formula is C18H27N3O4S. The zero-order chi connectivity index (χ0) is 18.7. The summed E-state index contributed by atoms with van der Waals surface area (Å²) in [5, 5.41) is 3.05. The van der Waals surface area contributed by atoms with Crippen LogP contribution in [0.3, 0.4) is 0 Å². The summed E-state index contributed by atoms with van der Waals surface area (Å²) >= 11 is 0. The maximum atomic E-state index is 12.7. The summed E-state index contributed by atoms with van der Waals surface area (Å²) in [7, 11) is -3.17. The number of anilines is 2. The standard InChI is InChI=1S/C18H27N3O4S/c1-14-3-4-16(20-9-11-25-12-10-20)13-17(14)19-18(22)15-5-7-21(8-6-15)26(2,23)24/h3-4,13,15H,5-12H2,1-2H3,(H,19,22). The normalized spacial score (nSPS) is 20.2. The van der Waals surface area contributed by atoms with Gasteiger partial charge in [-0.25, -0.2) is 12.7 Å².